The van der Waals surface area contributed by atoms with Gasteiger partial charge in [0, 0.05) is 54.4 Å². The molecule has 0 spiro atoms. The van der Waals surface area contributed by atoms with Gasteiger partial charge >= 0.3 is 0 Å². The molecule has 4 heterocycles. The molecule has 0 amide bonds. The zero-order valence-electron chi connectivity index (χ0n) is 37.3. The monoisotopic (exact) mass is 844 g/mol. The SMILES string of the molecule is [2H]C([2H])([2H])c1ccc(-c2[c-]cccc2)nc1.[2H]C([2H])([2H])c1cnc(-c2[c-]ccc3c2oc2nc(-c4c(C([2H])(C)C)cccc4C([2H])(C)C)ccc23)cc1C(C)(C)C.[Ir]. The van der Waals surface area contributed by atoms with Crippen molar-refractivity contribution < 1.29 is 35.5 Å². The molecule has 3 aromatic carbocycles. The second-order valence-corrected chi connectivity index (χ2v) is 13.5. The van der Waals surface area contributed by atoms with Gasteiger partial charge in [-0.2, -0.15) is 0 Å². The summed E-state index contributed by atoms with van der Waals surface area (Å²) in [4.78, 5) is 13.6. The molecule has 0 saturated heterocycles. The number of pyridine rings is 3. The van der Waals surface area contributed by atoms with E-state index in [0.29, 0.717) is 33.8 Å². The van der Waals surface area contributed by atoms with E-state index < -0.39 is 30.9 Å². The number of rotatable bonds is 5. The molecule has 257 valence electrons. The Bertz CT molecular complexity index is 2510. The van der Waals surface area contributed by atoms with Crippen molar-refractivity contribution in [1.82, 2.24) is 15.0 Å². The maximum atomic E-state index is 8.79. The van der Waals surface area contributed by atoms with Crippen molar-refractivity contribution in [2.45, 2.75) is 79.4 Å². The maximum absolute atomic E-state index is 8.79. The number of fused-ring (bicyclic) bond motifs is 3. The van der Waals surface area contributed by atoms with Gasteiger partial charge in [0.2, 0.25) is 5.71 Å². The molecule has 4 nitrogen and oxygen atoms in total. The van der Waals surface area contributed by atoms with Crippen LogP contribution in [0, 0.1) is 25.8 Å². The fraction of sp³-hybridized carbons (Fsp3) is 0.267. The van der Waals surface area contributed by atoms with Gasteiger partial charge < -0.3 is 14.4 Å². The zero-order valence-corrected chi connectivity index (χ0v) is 31.7. The van der Waals surface area contributed by atoms with Crippen LogP contribution < -0.4 is 0 Å². The third kappa shape index (κ3) is 7.65. The second-order valence-electron chi connectivity index (χ2n) is 13.5. The van der Waals surface area contributed by atoms with Crippen LogP contribution >= 0.6 is 0 Å². The van der Waals surface area contributed by atoms with E-state index in [1.165, 1.54) is 12.4 Å². The maximum Gasteiger partial charge on any atom is 0.216 e. The van der Waals surface area contributed by atoms with E-state index in [4.69, 9.17) is 20.4 Å². The molecule has 0 fully saturated rings. The van der Waals surface area contributed by atoms with Gasteiger partial charge in [0.1, 0.15) is 0 Å². The quantitative estimate of drug-likeness (QED) is 0.162. The third-order valence-corrected chi connectivity index (χ3v) is 8.41. The molecule has 1 radical (unpaired) electrons. The Hall–Kier alpha value is -4.44. The number of aryl methyl sites for hydroxylation is 2. The predicted molar refractivity (Wildman–Crippen MR) is 204 cm³/mol. The number of aromatic nitrogens is 3. The van der Waals surface area contributed by atoms with Crippen molar-refractivity contribution in [2.24, 2.45) is 0 Å². The number of hydrogen-bond acceptors (Lipinski definition) is 4. The minimum Gasteiger partial charge on any atom is -0.486 e. The number of hydrogen-bond donors (Lipinski definition) is 0. The molecule has 4 aromatic heterocycles. The van der Waals surface area contributed by atoms with E-state index in [2.05, 4.69) is 22.1 Å². The molecule has 0 aliphatic heterocycles. The smallest absolute Gasteiger partial charge is 0.216 e. The molecular weight excluding hydrogens is 791 g/mol. The third-order valence-electron chi connectivity index (χ3n) is 8.41. The summed E-state index contributed by atoms with van der Waals surface area (Å²) in [7, 11) is 0. The Balaban J connectivity index is 0.000000315. The molecule has 50 heavy (non-hydrogen) atoms. The minimum atomic E-state index is -2.28. The molecule has 0 saturated carbocycles. The molecule has 7 rings (SSSR count). The predicted octanol–water partition coefficient (Wildman–Crippen LogP) is 12.2. The summed E-state index contributed by atoms with van der Waals surface area (Å²) in [5, 5.41) is 1.67. The van der Waals surface area contributed by atoms with Crippen LogP contribution in [0.4, 0.5) is 0 Å². The topological polar surface area (TPSA) is 51.8 Å². The molecule has 0 N–H and O–H groups in total. The van der Waals surface area contributed by atoms with E-state index in [-0.39, 0.29) is 31.2 Å². The van der Waals surface area contributed by atoms with Crippen LogP contribution in [0.2, 0.25) is 0 Å². The van der Waals surface area contributed by atoms with Crippen LogP contribution in [0.15, 0.2) is 102 Å². The van der Waals surface area contributed by atoms with Gasteiger partial charge in [0.05, 0.1) is 11.3 Å². The average Bonchev–Trinajstić information content (AvgIpc) is 3.51. The van der Waals surface area contributed by atoms with E-state index >= 15 is 0 Å². The zero-order chi connectivity index (χ0) is 41.7. The van der Waals surface area contributed by atoms with Crippen LogP contribution in [0.5, 0.6) is 0 Å². The van der Waals surface area contributed by atoms with Crippen molar-refractivity contribution in [2.75, 3.05) is 0 Å². The van der Waals surface area contributed by atoms with Crippen molar-refractivity contribution in [3.8, 4) is 33.8 Å². The van der Waals surface area contributed by atoms with Crippen molar-refractivity contribution in [3.63, 3.8) is 0 Å². The average molecular weight is 844 g/mol. The van der Waals surface area contributed by atoms with E-state index in [1.807, 2.05) is 115 Å². The van der Waals surface area contributed by atoms with Crippen LogP contribution in [0.3, 0.4) is 0 Å². The summed E-state index contributed by atoms with van der Waals surface area (Å²) < 4.78 is 69.7. The van der Waals surface area contributed by atoms with Crippen LogP contribution in [0.25, 0.3) is 55.8 Å². The van der Waals surface area contributed by atoms with Crippen LogP contribution in [-0.4, -0.2) is 15.0 Å². The summed E-state index contributed by atoms with van der Waals surface area (Å²) >= 11 is 0. The largest absolute Gasteiger partial charge is 0.486 e. The van der Waals surface area contributed by atoms with Gasteiger partial charge in [0.15, 0.2) is 0 Å². The number of furan rings is 1. The Morgan fingerprint density at radius 2 is 1.48 bits per heavy atom. The Labute approximate surface area is 322 Å². The van der Waals surface area contributed by atoms with E-state index in [9.17, 15) is 0 Å². The summed E-state index contributed by atoms with van der Waals surface area (Å²) in [6, 6.07) is 32.2. The Morgan fingerprint density at radius 1 is 0.740 bits per heavy atom. The molecule has 0 bridgehead atoms. The molecule has 7 aromatic rings. The minimum absolute atomic E-state index is 0. The van der Waals surface area contributed by atoms with Crippen molar-refractivity contribution in [1.29, 1.82) is 0 Å². The Kier molecular flexibility index (Phi) is 8.31. The van der Waals surface area contributed by atoms with Gasteiger partial charge in [-0.05, 0) is 82.2 Å². The first-order valence-corrected chi connectivity index (χ1v) is 16.3. The first-order chi connectivity index (χ1) is 26.4. The summed E-state index contributed by atoms with van der Waals surface area (Å²) in [5.74, 6) is -1.80. The van der Waals surface area contributed by atoms with Gasteiger partial charge in [-0.25, -0.2) is 4.98 Å². The van der Waals surface area contributed by atoms with E-state index in [1.54, 1.807) is 18.2 Å². The first-order valence-electron chi connectivity index (χ1n) is 20.3. The van der Waals surface area contributed by atoms with Crippen LogP contribution in [-0.2, 0) is 25.5 Å². The number of nitrogens with zero attached hydrogens (tertiary/aromatic N) is 3. The standard InChI is InChI=1S/C33H35N2O.C12H10N.Ir/c1-19(2)22-11-9-12-23(20(3)4)30(22)28-16-15-25-24-13-10-14-26(31(24)36-32(25)35-28)29-17-27(33(6,7)8)21(5)18-34-29;1-10-7-8-12(13-9-10)11-5-3-2-4-6-11;/h9-13,15-20H,1-8H3;2-5,7-9H,1H3;/q2*-1;/i5D3,19D,20D;1D3;. The van der Waals surface area contributed by atoms with Gasteiger partial charge in [-0.1, -0.05) is 95.8 Å². The van der Waals surface area contributed by atoms with E-state index in [0.717, 1.165) is 38.7 Å². The summed E-state index contributed by atoms with van der Waals surface area (Å²) in [5.41, 5.74) is 7.57. The summed E-state index contributed by atoms with van der Waals surface area (Å²) in [6.45, 7) is 8.94. The van der Waals surface area contributed by atoms with Gasteiger partial charge in [-0.3, -0.25) is 0 Å². The molecule has 0 unspecified atom stereocenters. The fourth-order valence-corrected chi connectivity index (χ4v) is 5.93. The normalized spacial score (nSPS) is 14.8. The Morgan fingerprint density at radius 3 is 2.10 bits per heavy atom. The summed E-state index contributed by atoms with van der Waals surface area (Å²) in [6.07, 6.45) is 2.83. The van der Waals surface area contributed by atoms with Crippen LogP contribution in [0.1, 0.15) is 99.0 Å². The molecule has 0 atom stereocenters. The van der Waals surface area contributed by atoms with Gasteiger partial charge in [-0.15, -0.1) is 54.1 Å². The first kappa shape index (κ1) is 27.3. The fourth-order valence-electron chi connectivity index (χ4n) is 5.93. The molecule has 5 heteroatoms. The van der Waals surface area contributed by atoms with Crippen molar-refractivity contribution >= 4 is 22.1 Å². The van der Waals surface area contributed by atoms with Crippen molar-refractivity contribution in [3.05, 3.63) is 137 Å². The molecule has 0 aliphatic carbocycles. The second kappa shape index (κ2) is 15.2. The molecular formula is C45H45IrN3O-2. The molecule has 0 aliphatic rings. The van der Waals surface area contributed by atoms with Gasteiger partial charge in [0.25, 0.3) is 0 Å². The number of benzene rings is 3.